The Kier molecular flexibility index (Phi) is 29.0. The lowest BCUT2D eigenvalue weighted by Gasteiger charge is -2.41. The summed E-state index contributed by atoms with van der Waals surface area (Å²) in [5, 5.41) is 8.54. The zero-order valence-electron chi connectivity index (χ0n) is 55.7. The van der Waals surface area contributed by atoms with Gasteiger partial charge in [-0.15, -0.1) is 0 Å². The quantitative estimate of drug-likeness (QED) is 0.249. The van der Waals surface area contributed by atoms with E-state index in [-0.39, 0.29) is 68.1 Å². The molecule has 0 spiro atoms. The van der Waals surface area contributed by atoms with Crippen molar-refractivity contribution in [3.63, 3.8) is 0 Å². The predicted octanol–water partition coefficient (Wildman–Crippen LogP) is 4.21. The normalized spacial score (nSPS) is 29.9. The molecule has 2 aliphatic heterocycles. The molecule has 0 saturated carbocycles. The van der Waals surface area contributed by atoms with Gasteiger partial charge in [0.2, 0.25) is 59.1 Å². The summed E-state index contributed by atoms with van der Waals surface area (Å²) in [5.74, 6) is -9.03. The molecule has 0 radical (unpaired) electrons. The number of amides is 10. The molecule has 22 heteroatoms. The molecular formula is C62H110N10O12. The van der Waals surface area contributed by atoms with Crippen LogP contribution in [0.1, 0.15) is 163 Å². The third kappa shape index (κ3) is 19.2. The van der Waals surface area contributed by atoms with E-state index in [9.17, 15) is 43.2 Å². The van der Waals surface area contributed by atoms with Gasteiger partial charge in [-0.3, -0.25) is 52.7 Å². The standard InChI is InChI=1S/C62H110N10O12/c1-25-43-58(79)66(18)42(17)57(78)67(19)45(29-34(4)5)54(75)65-49(37(10)11)61(82)68(20)44(28-33(2)3)53(74)63-41(16)48(73)32-40(15)56(77)69(21)46(30-35(6)7)59(80)70(22)47(31-36(8)9)60(81)71(23)50(38(12)13)62(83)72(24)51(55(76)64-43)52-39(14)26-27-84-52/h33-47,49-52H,25-32H2,1-24H3,(H,63,74)(H,64,76)(H,65,75)/t39-,40-,41-,42-,43-,44-,45+,46+,47-,49-,50-,51-,52-/m1/s1. The van der Waals surface area contributed by atoms with Crippen LogP contribution in [0, 0.1) is 47.3 Å². The van der Waals surface area contributed by atoms with E-state index in [1.165, 1.54) is 97.5 Å². The van der Waals surface area contributed by atoms with E-state index in [0.29, 0.717) is 13.0 Å². The van der Waals surface area contributed by atoms with Gasteiger partial charge in [0.15, 0.2) is 5.78 Å². The Morgan fingerprint density at radius 3 is 1.31 bits per heavy atom. The first-order valence-electron chi connectivity index (χ1n) is 30.7. The number of carbonyl (C=O) groups is 11. The Morgan fingerprint density at radius 1 is 0.452 bits per heavy atom. The summed E-state index contributed by atoms with van der Waals surface area (Å²) >= 11 is 0. The second kappa shape index (κ2) is 32.7. The molecule has 2 aliphatic rings. The highest BCUT2D eigenvalue weighted by molar-refractivity contribution is 6.00. The zero-order valence-corrected chi connectivity index (χ0v) is 55.7. The number of nitrogens with one attached hydrogen (secondary N) is 3. The zero-order chi connectivity index (χ0) is 64.8. The van der Waals surface area contributed by atoms with Crippen LogP contribution in [0.2, 0.25) is 0 Å². The van der Waals surface area contributed by atoms with E-state index >= 15 is 9.59 Å². The van der Waals surface area contributed by atoms with E-state index in [2.05, 4.69) is 16.0 Å². The number of rotatable bonds is 12. The lowest BCUT2D eigenvalue weighted by atomic mass is 9.93. The summed E-state index contributed by atoms with van der Waals surface area (Å²) in [6.07, 6.45) is 0.312. The van der Waals surface area contributed by atoms with Crippen molar-refractivity contribution in [1.82, 2.24) is 50.2 Å². The molecule has 2 saturated heterocycles. The molecule has 2 heterocycles. The Balaban J connectivity index is 2.95. The van der Waals surface area contributed by atoms with Gasteiger partial charge in [-0.25, -0.2) is 0 Å². The topological polar surface area (TPSA) is 256 Å². The van der Waals surface area contributed by atoms with Gasteiger partial charge >= 0.3 is 0 Å². The highest BCUT2D eigenvalue weighted by atomic mass is 16.5. The summed E-state index contributed by atoms with van der Waals surface area (Å²) in [6.45, 7) is 30.7. The number of carbonyl (C=O) groups excluding carboxylic acids is 11. The molecule has 22 nitrogen and oxygen atoms in total. The van der Waals surface area contributed by atoms with Crippen molar-refractivity contribution in [3.8, 4) is 0 Å². The molecule has 10 amide bonds. The van der Waals surface area contributed by atoms with Crippen LogP contribution in [-0.4, -0.2) is 222 Å². The number of ketones is 1. The van der Waals surface area contributed by atoms with Crippen molar-refractivity contribution in [2.75, 3.05) is 55.9 Å². The molecule has 0 bridgehead atoms. The number of ether oxygens (including phenoxy) is 1. The third-order valence-electron chi connectivity index (χ3n) is 17.0. The van der Waals surface area contributed by atoms with E-state index < -0.39 is 149 Å². The lowest BCUT2D eigenvalue weighted by Crippen LogP contribution is -2.63. The molecule has 0 aromatic heterocycles. The van der Waals surface area contributed by atoms with Gasteiger partial charge in [-0.05, 0) is 93.8 Å². The summed E-state index contributed by atoms with van der Waals surface area (Å²) in [7, 11) is 10.3. The van der Waals surface area contributed by atoms with Gasteiger partial charge < -0.3 is 55.0 Å². The summed E-state index contributed by atoms with van der Waals surface area (Å²) in [4.78, 5) is 170. The molecule has 13 atom stereocenters. The van der Waals surface area contributed by atoms with Crippen LogP contribution < -0.4 is 16.0 Å². The van der Waals surface area contributed by atoms with E-state index in [1.807, 2.05) is 62.3 Å². The van der Waals surface area contributed by atoms with Crippen LogP contribution in [-0.2, 0) is 57.5 Å². The van der Waals surface area contributed by atoms with Crippen molar-refractivity contribution >= 4 is 64.9 Å². The minimum atomic E-state index is -1.29. The van der Waals surface area contributed by atoms with Gasteiger partial charge in [0.25, 0.3) is 0 Å². The molecule has 84 heavy (non-hydrogen) atoms. The molecule has 0 aromatic rings. The van der Waals surface area contributed by atoms with Crippen molar-refractivity contribution in [3.05, 3.63) is 0 Å². The van der Waals surface area contributed by atoms with Crippen LogP contribution in [0.3, 0.4) is 0 Å². The van der Waals surface area contributed by atoms with Crippen molar-refractivity contribution in [2.24, 2.45) is 47.3 Å². The highest BCUT2D eigenvalue weighted by Gasteiger charge is 2.47. The predicted molar refractivity (Wildman–Crippen MR) is 323 cm³/mol. The molecule has 0 unspecified atom stereocenters. The SMILES string of the molecule is CC[C@H]1NC(=O)[C@@H]([C@@H]2OCC[C@H]2C)N(C)C(=O)[C@@H](C(C)C)N(C)C(=O)[C@@H](CC(C)C)N(C)C(=O)[C@H](CC(C)C)N(C)C(=O)[C@H](C)CC(=O)[C@@H](C)NC(=O)[C@@H](CC(C)C)N(C)C(=O)[C@@H](C(C)C)NC(=O)[C@H](CC(C)C)N(C)C(=O)[C@@H](C)N(C)C1=O. The first-order valence-corrected chi connectivity index (χ1v) is 30.7. The summed E-state index contributed by atoms with van der Waals surface area (Å²) < 4.78 is 6.18. The Labute approximate surface area is 503 Å². The van der Waals surface area contributed by atoms with Crippen LogP contribution in [0.4, 0.5) is 0 Å². The average Bonchev–Trinajstić information content (AvgIpc) is 2.83. The van der Waals surface area contributed by atoms with Gasteiger partial charge in [0, 0.05) is 68.3 Å². The Morgan fingerprint density at radius 2 is 0.881 bits per heavy atom. The van der Waals surface area contributed by atoms with Gasteiger partial charge in [0.1, 0.15) is 54.4 Å². The molecule has 0 aromatic carbocycles. The van der Waals surface area contributed by atoms with E-state index in [4.69, 9.17) is 4.74 Å². The summed E-state index contributed by atoms with van der Waals surface area (Å²) in [5.41, 5.74) is 0. The minimum Gasteiger partial charge on any atom is -0.375 e. The molecule has 2 rings (SSSR count). The number of nitrogens with zero attached hydrogens (tertiary/aromatic N) is 7. The largest absolute Gasteiger partial charge is 0.375 e. The molecular weight excluding hydrogens is 1080 g/mol. The smallest absolute Gasteiger partial charge is 0.246 e. The number of likely N-dealkylation sites (N-methyl/N-ethyl adjacent to an activating group) is 7. The lowest BCUT2D eigenvalue weighted by molar-refractivity contribution is -0.157. The maximum atomic E-state index is 15.2. The van der Waals surface area contributed by atoms with Crippen LogP contribution in [0.5, 0.6) is 0 Å². The van der Waals surface area contributed by atoms with Crippen LogP contribution in [0.25, 0.3) is 0 Å². The molecule has 3 N–H and O–H groups in total. The van der Waals surface area contributed by atoms with Gasteiger partial charge in [-0.1, -0.05) is 104 Å². The van der Waals surface area contributed by atoms with E-state index in [1.54, 1.807) is 41.5 Å². The fraction of sp³-hybridized carbons (Fsp3) is 0.823. The van der Waals surface area contributed by atoms with Crippen molar-refractivity contribution in [1.29, 1.82) is 0 Å². The fourth-order valence-electron chi connectivity index (χ4n) is 11.4. The minimum absolute atomic E-state index is 0.0851. The number of hydrogen-bond donors (Lipinski definition) is 3. The van der Waals surface area contributed by atoms with Gasteiger partial charge in [0.05, 0.1) is 12.1 Å². The van der Waals surface area contributed by atoms with Crippen LogP contribution >= 0.6 is 0 Å². The fourth-order valence-corrected chi connectivity index (χ4v) is 11.4. The maximum absolute atomic E-state index is 15.2. The maximum Gasteiger partial charge on any atom is 0.246 e. The third-order valence-corrected chi connectivity index (χ3v) is 17.0. The molecule has 480 valence electrons. The second-order valence-corrected chi connectivity index (χ2v) is 26.6. The number of hydrogen-bond acceptors (Lipinski definition) is 12. The molecule has 0 aliphatic carbocycles. The number of Topliss-reactive ketones (excluding diaryl/α,β-unsaturated/α-hetero) is 1. The van der Waals surface area contributed by atoms with Crippen LogP contribution in [0.15, 0.2) is 0 Å². The van der Waals surface area contributed by atoms with E-state index in [0.717, 1.165) is 0 Å². The van der Waals surface area contributed by atoms with Crippen molar-refractivity contribution < 1.29 is 57.5 Å². The van der Waals surface area contributed by atoms with Crippen molar-refractivity contribution in [2.45, 2.75) is 229 Å². The Hall–Kier alpha value is -5.67. The average molecular weight is 1190 g/mol. The highest BCUT2D eigenvalue weighted by Crippen LogP contribution is 2.29. The van der Waals surface area contributed by atoms with Gasteiger partial charge in [-0.2, -0.15) is 0 Å². The summed E-state index contributed by atoms with van der Waals surface area (Å²) in [6, 6.07) is -11.5. The first-order chi connectivity index (χ1) is 38.8. The molecule has 2 fully saturated rings. The second-order valence-electron chi connectivity index (χ2n) is 26.6. The Bertz CT molecular complexity index is 2310. The first kappa shape index (κ1) is 74.4. The monoisotopic (exact) mass is 1190 g/mol.